The standard InChI is InChI=1S/C51H95NO7/c1-6-8-10-12-14-16-18-20-22-24-26-28-30-32-34-36-38-40-42-50(54)59-47(45-57-44-43-48(51(55)56)52(3,4)5)46-58-49(53)41-39-37-35-33-31-29-27-25-23-21-19-17-15-13-11-9-7-2/h16,18,22,24,47-48H,6-15,17,19-21,23,25-46H2,1-5H3/p+1/b18-16-,24-22-. The van der Waals surface area contributed by atoms with Gasteiger partial charge in [-0.15, -0.1) is 0 Å². The fourth-order valence-electron chi connectivity index (χ4n) is 7.48. The Morgan fingerprint density at radius 1 is 0.508 bits per heavy atom. The Kier molecular flexibility index (Phi) is 40.9. The zero-order chi connectivity index (χ0) is 43.5. The second-order valence-electron chi connectivity index (χ2n) is 18.1. The van der Waals surface area contributed by atoms with Crippen LogP contribution in [0.3, 0.4) is 0 Å². The summed E-state index contributed by atoms with van der Waals surface area (Å²) in [6.07, 6.45) is 47.9. The fourth-order valence-corrected chi connectivity index (χ4v) is 7.48. The zero-order valence-electron chi connectivity index (χ0n) is 39.5. The Hall–Kier alpha value is -2.19. The summed E-state index contributed by atoms with van der Waals surface area (Å²) in [6.45, 7) is 4.75. The third-order valence-electron chi connectivity index (χ3n) is 11.4. The first-order valence-corrected chi connectivity index (χ1v) is 24.9. The van der Waals surface area contributed by atoms with Crippen molar-refractivity contribution in [1.29, 1.82) is 0 Å². The number of carbonyl (C=O) groups excluding carboxylic acids is 2. The Morgan fingerprint density at radius 2 is 0.898 bits per heavy atom. The van der Waals surface area contributed by atoms with Gasteiger partial charge in [0.1, 0.15) is 6.61 Å². The SMILES string of the molecule is CCCCCC/C=C\C/C=C\CCCCCCCCCC(=O)OC(COCCC(C(=O)O)[N+](C)(C)C)COC(=O)CCCCCCCCCCCCCCCCCCC. The minimum absolute atomic E-state index is 0.0494. The van der Waals surface area contributed by atoms with Crippen LogP contribution in [0.15, 0.2) is 24.3 Å². The van der Waals surface area contributed by atoms with E-state index < -0.39 is 18.1 Å². The predicted molar refractivity (Wildman–Crippen MR) is 248 cm³/mol. The van der Waals surface area contributed by atoms with Crippen molar-refractivity contribution in [2.45, 2.75) is 244 Å². The number of unbranched alkanes of at least 4 members (excludes halogenated alkanes) is 27. The van der Waals surface area contributed by atoms with Crippen LogP contribution in [0, 0.1) is 0 Å². The lowest BCUT2D eigenvalue weighted by Crippen LogP contribution is -2.50. The van der Waals surface area contributed by atoms with E-state index >= 15 is 0 Å². The van der Waals surface area contributed by atoms with Crippen molar-refractivity contribution < 1.29 is 38.2 Å². The molecule has 346 valence electrons. The average molecular weight is 835 g/mol. The fraction of sp³-hybridized carbons (Fsp3) is 0.863. The molecule has 2 unspecified atom stereocenters. The Bertz CT molecular complexity index is 1020. The maximum absolute atomic E-state index is 12.8. The molecule has 0 aromatic rings. The highest BCUT2D eigenvalue weighted by Gasteiger charge is 2.31. The van der Waals surface area contributed by atoms with Crippen LogP contribution in [-0.4, -0.2) is 80.6 Å². The molecule has 0 bridgehead atoms. The molecular formula is C51H96NO7+. The molecule has 0 aromatic heterocycles. The number of nitrogens with zero attached hydrogens (tertiary/aromatic N) is 1. The quantitative estimate of drug-likeness (QED) is 0.0282. The molecule has 0 rings (SSSR count). The second kappa shape index (κ2) is 42.5. The van der Waals surface area contributed by atoms with Crippen LogP contribution in [-0.2, 0) is 28.6 Å². The molecule has 0 aliphatic carbocycles. The lowest BCUT2D eigenvalue weighted by atomic mass is 10.0. The van der Waals surface area contributed by atoms with Crippen molar-refractivity contribution in [3.8, 4) is 0 Å². The van der Waals surface area contributed by atoms with Crippen molar-refractivity contribution in [3.05, 3.63) is 24.3 Å². The molecule has 8 nitrogen and oxygen atoms in total. The van der Waals surface area contributed by atoms with Crippen LogP contribution in [0.4, 0.5) is 0 Å². The third-order valence-corrected chi connectivity index (χ3v) is 11.4. The van der Waals surface area contributed by atoms with Crippen LogP contribution < -0.4 is 0 Å². The highest BCUT2D eigenvalue weighted by molar-refractivity contribution is 5.72. The molecule has 8 heteroatoms. The number of hydrogen-bond acceptors (Lipinski definition) is 6. The van der Waals surface area contributed by atoms with Gasteiger partial charge in [-0.1, -0.05) is 192 Å². The molecule has 0 saturated heterocycles. The minimum Gasteiger partial charge on any atom is -0.477 e. The van der Waals surface area contributed by atoms with E-state index in [2.05, 4.69) is 38.2 Å². The van der Waals surface area contributed by atoms with Crippen molar-refractivity contribution in [2.24, 2.45) is 0 Å². The molecular weight excluding hydrogens is 739 g/mol. The third kappa shape index (κ3) is 41.0. The summed E-state index contributed by atoms with van der Waals surface area (Å²) in [5.41, 5.74) is 0. The number of esters is 2. The first-order valence-electron chi connectivity index (χ1n) is 24.9. The van der Waals surface area contributed by atoms with E-state index in [0.29, 0.717) is 19.3 Å². The number of carboxylic acid groups (broad SMARTS) is 1. The molecule has 0 saturated carbocycles. The number of ether oxygens (including phenoxy) is 3. The van der Waals surface area contributed by atoms with Gasteiger partial charge >= 0.3 is 17.9 Å². The number of hydrogen-bond donors (Lipinski definition) is 1. The predicted octanol–water partition coefficient (Wildman–Crippen LogP) is 14.0. The number of allylic oxidation sites excluding steroid dienone is 4. The van der Waals surface area contributed by atoms with E-state index in [-0.39, 0.29) is 36.2 Å². The monoisotopic (exact) mass is 835 g/mol. The summed E-state index contributed by atoms with van der Waals surface area (Å²) in [7, 11) is 5.54. The molecule has 0 aliphatic heterocycles. The van der Waals surface area contributed by atoms with Gasteiger partial charge in [-0.2, -0.15) is 0 Å². The van der Waals surface area contributed by atoms with Gasteiger partial charge in [0.2, 0.25) is 0 Å². The van der Waals surface area contributed by atoms with E-state index in [1.165, 1.54) is 148 Å². The number of carboxylic acids is 1. The van der Waals surface area contributed by atoms with E-state index in [9.17, 15) is 19.5 Å². The van der Waals surface area contributed by atoms with Gasteiger partial charge in [0.15, 0.2) is 12.1 Å². The number of carbonyl (C=O) groups is 3. The number of rotatable bonds is 45. The summed E-state index contributed by atoms with van der Waals surface area (Å²) >= 11 is 0. The number of aliphatic carboxylic acids is 1. The zero-order valence-corrected chi connectivity index (χ0v) is 39.5. The van der Waals surface area contributed by atoms with Gasteiger partial charge in [-0.05, 0) is 44.9 Å². The largest absolute Gasteiger partial charge is 0.477 e. The van der Waals surface area contributed by atoms with Crippen molar-refractivity contribution in [3.63, 3.8) is 0 Å². The molecule has 0 fully saturated rings. The first-order chi connectivity index (χ1) is 28.6. The van der Waals surface area contributed by atoms with Crippen molar-refractivity contribution >= 4 is 17.9 Å². The highest BCUT2D eigenvalue weighted by atomic mass is 16.6. The van der Waals surface area contributed by atoms with Crippen LogP contribution in [0.2, 0.25) is 0 Å². The van der Waals surface area contributed by atoms with E-state index in [0.717, 1.165) is 51.4 Å². The average Bonchev–Trinajstić information content (AvgIpc) is 3.19. The molecule has 59 heavy (non-hydrogen) atoms. The molecule has 2 atom stereocenters. The molecule has 0 heterocycles. The first kappa shape index (κ1) is 56.8. The maximum atomic E-state index is 12.8. The molecule has 0 spiro atoms. The van der Waals surface area contributed by atoms with Crippen LogP contribution in [0.5, 0.6) is 0 Å². The molecule has 0 aliphatic rings. The summed E-state index contributed by atoms with van der Waals surface area (Å²) in [5.74, 6) is -1.46. The minimum atomic E-state index is -0.873. The molecule has 0 aromatic carbocycles. The molecule has 0 radical (unpaired) electrons. The van der Waals surface area contributed by atoms with Crippen molar-refractivity contribution in [1.82, 2.24) is 0 Å². The van der Waals surface area contributed by atoms with E-state index in [1.54, 1.807) is 0 Å². The molecule has 1 N–H and O–H groups in total. The van der Waals surface area contributed by atoms with Gasteiger partial charge in [-0.25, -0.2) is 4.79 Å². The summed E-state index contributed by atoms with van der Waals surface area (Å²) in [4.78, 5) is 37.1. The van der Waals surface area contributed by atoms with Crippen LogP contribution in [0.1, 0.15) is 232 Å². The Labute approximate surface area is 364 Å². The topological polar surface area (TPSA) is 99.1 Å². The van der Waals surface area contributed by atoms with E-state index in [4.69, 9.17) is 14.2 Å². The Balaban J connectivity index is 4.26. The van der Waals surface area contributed by atoms with Gasteiger partial charge in [0.25, 0.3) is 0 Å². The van der Waals surface area contributed by atoms with Gasteiger partial charge in [0, 0.05) is 19.3 Å². The van der Waals surface area contributed by atoms with Gasteiger partial charge in [0.05, 0.1) is 34.4 Å². The summed E-state index contributed by atoms with van der Waals surface area (Å²) in [5, 5.41) is 9.64. The summed E-state index contributed by atoms with van der Waals surface area (Å²) in [6, 6.07) is -0.614. The summed E-state index contributed by atoms with van der Waals surface area (Å²) < 4.78 is 17.3. The van der Waals surface area contributed by atoms with E-state index in [1.807, 2.05) is 21.1 Å². The number of likely N-dealkylation sites (N-methyl/N-ethyl adjacent to an activating group) is 1. The van der Waals surface area contributed by atoms with Gasteiger partial charge in [-0.3, -0.25) is 9.59 Å². The van der Waals surface area contributed by atoms with Crippen LogP contribution in [0.25, 0.3) is 0 Å². The smallest absolute Gasteiger partial charge is 0.362 e. The molecule has 0 amide bonds. The van der Waals surface area contributed by atoms with Crippen LogP contribution >= 0.6 is 0 Å². The Morgan fingerprint density at radius 3 is 1.32 bits per heavy atom. The lowest BCUT2D eigenvalue weighted by molar-refractivity contribution is -0.887. The number of quaternary nitrogens is 1. The highest BCUT2D eigenvalue weighted by Crippen LogP contribution is 2.16. The lowest BCUT2D eigenvalue weighted by Gasteiger charge is -2.31. The second-order valence-corrected chi connectivity index (χ2v) is 18.1. The van der Waals surface area contributed by atoms with Crippen molar-refractivity contribution in [2.75, 3.05) is 41.0 Å². The normalized spacial score (nSPS) is 13.0. The van der Waals surface area contributed by atoms with Gasteiger partial charge < -0.3 is 23.8 Å². The maximum Gasteiger partial charge on any atom is 0.362 e.